The molecule has 0 bridgehead atoms. The first kappa shape index (κ1) is 54.6. The summed E-state index contributed by atoms with van der Waals surface area (Å²) >= 11 is 0. The number of esters is 2. The Morgan fingerprint density at radius 2 is 0.569 bits per heavy atom. The molecule has 0 heterocycles. The summed E-state index contributed by atoms with van der Waals surface area (Å²) in [4.78, 5) is 23.8. The molecule has 0 atom stereocenters. The number of ether oxygens (including phenoxy) is 6. The first-order valence-corrected chi connectivity index (χ1v) is 18.0. The molecule has 5 rings (SSSR count). The van der Waals surface area contributed by atoms with Crippen LogP contribution in [0.15, 0.2) is 133 Å². The minimum atomic E-state index is -0.245. The van der Waals surface area contributed by atoms with E-state index in [0.29, 0.717) is 26.4 Å². The Kier molecular flexibility index (Phi) is 31.6. The highest BCUT2D eigenvalue weighted by Crippen LogP contribution is 2.38. The van der Waals surface area contributed by atoms with Crippen LogP contribution in [0.1, 0.15) is 39.8 Å². The number of hydrogen-bond acceptors (Lipinski definition) is 10. The summed E-state index contributed by atoms with van der Waals surface area (Å²) in [5.74, 6) is -0.491. The van der Waals surface area contributed by atoms with E-state index in [1.165, 1.54) is 39.2 Å². The topological polar surface area (TPSA) is 96.0 Å². The van der Waals surface area contributed by atoms with Gasteiger partial charge in [-0.1, -0.05) is 86.6 Å². The van der Waals surface area contributed by atoms with Crippen LogP contribution in [-0.4, -0.2) is 81.0 Å². The van der Waals surface area contributed by atoms with Crippen LogP contribution in [0.3, 0.4) is 0 Å². The summed E-state index contributed by atoms with van der Waals surface area (Å²) in [7, 11) is 9.31. The van der Waals surface area contributed by atoms with Crippen molar-refractivity contribution in [3.8, 4) is 0 Å². The van der Waals surface area contributed by atoms with Crippen molar-refractivity contribution in [2.75, 3.05) is 78.9 Å². The van der Waals surface area contributed by atoms with Crippen molar-refractivity contribution < 1.29 is 38.0 Å². The van der Waals surface area contributed by atoms with E-state index in [4.69, 9.17) is 0 Å². The van der Waals surface area contributed by atoms with Crippen LogP contribution in [0.2, 0.25) is 0 Å². The van der Waals surface area contributed by atoms with Gasteiger partial charge in [-0.2, -0.15) is 0 Å². The zero-order valence-electron chi connectivity index (χ0n) is 34.7. The van der Waals surface area contributed by atoms with Gasteiger partial charge in [-0.25, -0.2) is 0 Å². The lowest BCUT2D eigenvalue weighted by Gasteiger charge is -2.28. The summed E-state index contributed by atoms with van der Waals surface area (Å²) in [6, 6.07) is 47.2. The smallest absolute Gasteiger partial charge is 0.302 e. The minimum Gasteiger partial charge on any atom is -0.469 e. The van der Waals surface area contributed by atoms with E-state index in [1.54, 1.807) is 28.4 Å². The number of para-hydroxylation sites is 2. The molecule has 0 aromatic heterocycles. The van der Waals surface area contributed by atoms with Crippen LogP contribution in [0.25, 0.3) is 0 Å². The van der Waals surface area contributed by atoms with Gasteiger partial charge in [-0.15, -0.1) is 0 Å². The van der Waals surface area contributed by atoms with E-state index in [9.17, 15) is 9.59 Å². The molecule has 5 aromatic rings. The maximum absolute atomic E-state index is 9.59. The third kappa shape index (κ3) is 22.3. The van der Waals surface area contributed by atoms with Gasteiger partial charge >= 0.3 is 11.9 Å². The van der Waals surface area contributed by atoms with Crippen molar-refractivity contribution in [2.24, 2.45) is 0 Å². The molecule has 0 N–H and O–H groups in total. The van der Waals surface area contributed by atoms with Crippen molar-refractivity contribution in [3.05, 3.63) is 145 Å². The molecule has 0 amide bonds. The Bertz CT molecular complexity index is 1580. The Morgan fingerprint density at radius 1 is 0.379 bits per heavy atom. The van der Waals surface area contributed by atoms with Gasteiger partial charge in [-0.3, -0.25) is 9.59 Å². The second-order valence-electron chi connectivity index (χ2n) is 11.9. The Balaban J connectivity index is 0. The Hall–Kier alpha value is -5.52. The van der Waals surface area contributed by atoms with Crippen LogP contribution >= 0.6 is 0 Å². The molecule has 0 fully saturated rings. The summed E-state index contributed by atoms with van der Waals surface area (Å²) in [6.45, 7) is 9.73. The van der Waals surface area contributed by atoms with Gasteiger partial charge in [0.15, 0.2) is 0 Å². The van der Waals surface area contributed by atoms with Crippen LogP contribution in [0.4, 0.5) is 34.1 Å². The van der Waals surface area contributed by atoms with Gasteiger partial charge in [0.1, 0.15) is 0 Å². The van der Waals surface area contributed by atoms with Crippen LogP contribution in [0.5, 0.6) is 0 Å². The van der Waals surface area contributed by atoms with Crippen molar-refractivity contribution in [3.63, 3.8) is 0 Å². The van der Waals surface area contributed by atoms with Crippen LogP contribution in [-0.2, 0) is 38.0 Å². The van der Waals surface area contributed by atoms with Crippen LogP contribution < -0.4 is 9.80 Å². The van der Waals surface area contributed by atoms with Gasteiger partial charge in [0.25, 0.3) is 0 Å². The average Bonchev–Trinajstić information content (AvgIpc) is 3.23. The molecule has 10 nitrogen and oxygen atoms in total. The van der Waals surface area contributed by atoms with Gasteiger partial charge in [0.2, 0.25) is 0 Å². The number of hydrogen-bond donors (Lipinski definition) is 0. The molecule has 0 radical (unpaired) electrons. The fourth-order valence-electron chi connectivity index (χ4n) is 4.52. The second kappa shape index (κ2) is 33.6. The molecule has 0 aliphatic carbocycles. The minimum absolute atomic E-state index is 0. The number of methoxy groups -OCH3 is 6. The number of rotatable bonds is 12. The number of carbonyl (C=O) groups excluding carboxylic acids is 2. The van der Waals surface area contributed by atoms with Gasteiger partial charge < -0.3 is 38.2 Å². The number of carbonyl (C=O) groups is 2. The number of nitrogens with zero attached hydrogens (tertiary/aromatic N) is 2. The monoisotopic (exact) mass is 800 g/mol. The molecule has 10 heteroatoms. The van der Waals surface area contributed by atoms with E-state index in [0.717, 1.165) is 34.1 Å². The summed E-state index contributed by atoms with van der Waals surface area (Å²) < 4.78 is 26.9. The van der Waals surface area contributed by atoms with Gasteiger partial charge in [0.05, 0.1) is 40.6 Å². The molecule has 58 heavy (non-hydrogen) atoms. The summed E-state index contributed by atoms with van der Waals surface area (Å²) in [5, 5.41) is 0. The molecule has 0 aliphatic heterocycles. The van der Waals surface area contributed by atoms with E-state index >= 15 is 0 Å². The zero-order chi connectivity index (χ0) is 41.6. The molecular formula is C48H68N2O8. The predicted molar refractivity (Wildman–Crippen MR) is 242 cm³/mol. The Morgan fingerprint density at radius 3 is 0.759 bits per heavy atom. The first-order chi connectivity index (χ1) is 27.1. The molecule has 0 saturated heterocycles. The normalized spacial score (nSPS) is 9.28. The van der Waals surface area contributed by atoms with Crippen molar-refractivity contribution in [1.29, 1.82) is 0 Å². The second-order valence-corrected chi connectivity index (χ2v) is 11.9. The third-order valence-corrected chi connectivity index (χ3v) is 7.54. The molecule has 5 aromatic carbocycles. The highest BCUT2D eigenvalue weighted by Gasteiger charge is 2.15. The fourth-order valence-corrected chi connectivity index (χ4v) is 4.52. The van der Waals surface area contributed by atoms with Crippen molar-refractivity contribution >= 4 is 46.1 Å². The molecule has 0 spiro atoms. The average molecular weight is 801 g/mol. The Labute approximate surface area is 349 Å². The molecule has 318 valence electrons. The van der Waals surface area contributed by atoms with Crippen molar-refractivity contribution in [1.82, 2.24) is 0 Å². The standard InChI is InChI=1S/C32H28N2.2C4H10O2.2C3H6O2.2CH4/c1-25-13-17-29(18-14-25)33(27-9-5-3-6-10-27)31-21-23-32(24-22-31)34(28-11-7-4-8-12-28)30-19-15-26(2)16-20-30;2*1-5-3-4-6-2;2*1-3(4)5-2;;/h3-24H,1-2H3;2*3-4H2,1-2H3;2*1-2H3;2*1H4. The summed E-state index contributed by atoms with van der Waals surface area (Å²) in [5.41, 5.74) is 9.31. The predicted octanol–water partition coefficient (Wildman–Crippen LogP) is 11.4. The number of aryl methyl sites for hydroxylation is 2. The van der Waals surface area contributed by atoms with E-state index in [2.05, 4.69) is 186 Å². The molecule has 0 aliphatic rings. The molecule has 0 saturated carbocycles. The quantitative estimate of drug-likeness (QED) is 0.0896. The van der Waals surface area contributed by atoms with Gasteiger partial charge in [-0.05, 0) is 86.6 Å². The van der Waals surface area contributed by atoms with Crippen LogP contribution in [0, 0.1) is 13.8 Å². The fraction of sp³-hybridized carbons (Fsp3) is 0.333. The maximum atomic E-state index is 9.59. The number of benzene rings is 5. The van der Waals surface area contributed by atoms with E-state index < -0.39 is 0 Å². The summed E-state index contributed by atoms with van der Waals surface area (Å²) in [6.07, 6.45) is 0. The van der Waals surface area contributed by atoms with Crippen molar-refractivity contribution in [2.45, 2.75) is 42.5 Å². The van der Waals surface area contributed by atoms with E-state index in [-0.39, 0.29) is 26.8 Å². The highest BCUT2D eigenvalue weighted by molar-refractivity contribution is 5.81. The van der Waals surface area contributed by atoms with E-state index in [1.807, 2.05) is 0 Å². The number of anilines is 6. The molecular weight excluding hydrogens is 733 g/mol. The largest absolute Gasteiger partial charge is 0.469 e. The highest BCUT2D eigenvalue weighted by atomic mass is 16.5. The maximum Gasteiger partial charge on any atom is 0.302 e. The van der Waals surface area contributed by atoms with Gasteiger partial charge in [0, 0.05) is 76.4 Å². The zero-order valence-corrected chi connectivity index (χ0v) is 34.7. The first-order valence-electron chi connectivity index (χ1n) is 18.0. The lowest BCUT2D eigenvalue weighted by atomic mass is 10.1. The third-order valence-electron chi connectivity index (χ3n) is 7.54. The SMILES string of the molecule is C.C.COC(C)=O.COC(C)=O.COCCOC.COCCOC.Cc1ccc(N(c2ccccc2)c2ccc(N(c3ccccc3)c3ccc(C)cc3)cc2)cc1. The lowest BCUT2D eigenvalue weighted by molar-refractivity contribution is -0.138. The molecule has 0 unspecified atom stereocenters. The lowest BCUT2D eigenvalue weighted by Crippen LogP contribution is -2.12.